The van der Waals surface area contributed by atoms with Crippen LogP contribution in [0.1, 0.15) is 25.7 Å². The van der Waals surface area contributed by atoms with Crippen molar-refractivity contribution in [3.8, 4) is 5.75 Å². The van der Waals surface area contributed by atoms with Crippen LogP contribution in [0, 0.1) is 0 Å². The highest BCUT2D eigenvalue weighted by Crippen LogP contribution is 2.23. The fraction of sp³-hybridized carbons (Fsp3) is 0.500. The maximum Gasteiger partial charge on any atom is 0.117 e. The van der Waals surface area contributed by atoms with Crippen LogP contribution < -0.4 is 5.32 Å². The predicted molar refractivity (Wildman–Crippen MR) is 60.0 cm³/mol. The number of aromatic hydroxyl groups is 1. The van der Waals surface area contributed by atoms with E-state index in [1.165, 1.54) is 0 Å². The van der Waals surface area contributed by atoms with Gasteiger partial charge in [0.05, 0.1) is 12.1 Å². The maximum atomic E-state index is 9.77. The van der Waals surface area contributed by atoms with Gasteiger partial charge < -0.3 is 15.5 Å². The second kappa shape index (κ2) is 4.53. The van der Waals surface area contributed by atoms with Gasteiger partial charge in [-0.2, -0.15) is 0 Å². The summed E-state index contributed by atoms with van der Waals surface area (Å²) in [5, 5.41) is 22.3. The Bertz CT molecular complexity index is 327. The molecule has 0 bridgehead atoms. The Morgan fingerprint density at radius 3 is 2.73 bits per heavy atom. The van der Waals surface area contributed by atoms with Crippen LogP contribution in [0.25, 0.3) is 0 Å². The molecule has 82 valence electrons. The number of hydrogen-bond donors (Lipinski definition) is 3. The summed E-state index contributed by atoms with van der Waals surface area (Å²) in [6.07, 6.45) is 3.88. The van der Waals surface area contributed by atoms with Crippen LogP contribution in [-0.4, -0.2) is 22.4 Å². The standard InChI is InChI=1S/C12H17NO2/c14-10-5-3-4-9(8-10)13-11-6-1-2-7-12(11)15/h3-5,8,11-15H,1-2,6-7H2/t11-,12-/m0/s1. The van der Waals surface area contributed by atoms with Gasteiger partial charge in [-0.05, 0) is 25.0 Å². The van der Waals surface area contributed by atoms with Crippen molar-refractivity contribution >= 4 is 5.69 Å². The first-order valence-corrected chi connectivity index (χ1v) is 5.49. The molecule has 3 heteroatoms. The summed E-state index contributed by atoms with van der Waals surface area (Å²) in [6.45, 7) is 0. The molecule has 1 saturated carbocycles. The summed E-state index contributed by atoms with van der Waals surface area (Å²) in [6, 6.07) is 7.15. The third-order valence-electron chi connectivity index (χ3n) is 2.93. The summed E-state index contributed by atoms with van der Waals surface area (Å²) in [5.74, 6) is 0.255. The average molecular weight is 207 g/mol. The summed E-state index contributed by atoms with van der Waals surface area (Å²) in [5.41, 5.74) is 0.876. The molecular weight excluding hydrogens is 190 g/mol. The van der Waals surface area contributed by atoms with Gasteiger partial charge in [0.15, 0.2) is 0 Å². The topological polar surface area (TPSA) is 52.5 Å². The molecule has 0 spiro atoms. The molecule has 0 heterocycles. The predicted octanol–water partition coefficient (Wildman–Crippen LogP) is 2.11. The number of benzene rings is 1. The molecular formula is C12H17NO2. The van der Waals surface area contributed by atoms with Gasteiger partial charge in [-0.3, -0.25) is 0 Å². The van der Waals surface area contributed by atoms with E-state index in [9.17, 15) is 10.2 Å². The first kappa shape index (κ1) is 10.3. The Morgan fingerprint density at radius 1 is 1.20 bits per heavy atom. The Balaban J connectivity index is 2.01. The van der Waals surface area contributed by atoms with Gasteiger partial charge in [-0.1, -0.05) is 18.9 Å². The van der Waals surface area contributed by atoms with Gasteiger partial charge in [0.1, 0.15) is 5.75 Å². The first-order valence-electron chi connectivity index (χ1n) is 5.49. The zero-order valence-corrected chi connectivity index (χ0v) is 8.69. The van der Waals surface area contributed by atoms with Crippen LogP contribution in [0.5, 0.6) is 5.75 Å². The Morgan fingerprint density at radius 2 is 2.00 bits per heavy atom. The molecule has 0 unspecified atom stereocenters. The number of rotatable bonds is 2. The Kier molecular flexibility index (Phi) is 3.11. The molecule has 15 heavy (non-hydrogen) atoms. The third kappa shape index (κ3) is 2.63. The lowest BCUT2D eigenvalue weighted by atomic mass is 9.92. The molecule has 3 N–H and O–H groups in total. The molecule has 0 saturated heterocycles. The highest BCUT2D eigenvalue weighted by Gasteiger charge is 2.22. The minimum absolute atomic E-state index is 0.126. The lowest BCUT2D eigenvalue weighted by molar-refractivity contribution is 0.116. The van der Waals surface area contributed by atoms with E-state index in [1.54, 1.807) is 18.2 Å². The minimum atomic E-state index is -0.263. The first-order chi connectivity index (χ1) is 7.25. The Hall–Kier alpha value is -1.22. The van der Waals surface area contributed by atoms with Gasteiger partial charge in [-0.15, -0.1) is 0 Å². The van der Waals surface area contributed by atoms with E-state index in [0.29, 0.717) is 0 Å². The van der Waals surface area contributed by atoms with Crippen LogP contribution in [0.2, 0.25) is 0 Å². The zero-order valence-electron chi connectivity index (χ0n) is 8.69. The largest absolute Gasteiger partial charge is 0.508 e. The molecule has 3 nitrogen and oxygen atoms in total. The normalized spacial score (nSPS) is 26.2. The molecule has 0 aliphatic heterocycles. The number of phenolic OH excluding ortho intramolecular Hbond substituents is 1. The molecule has 1 fully saturated rings. The van der Waals surface area contributed by atoms with Crippen molar-refractivity contribution in [3.05, 3.63) is 24.3 Å². The van der Waals surface area contributed by atoms with Gasteiger partial charge in [-0.25, -0.2) is 0 Å². The van der Waals surface area contributed by atoms with Crippen LogP contribution in [0.4, 0.5) is 5.69 Å². The van der Waals surface area contributed by atoms with E-state index in [4.69, 9.17) is 0 Å². The minimum Gasteiger partial charge on any atom is -0.508 e. The van der Waals surface area contributed by atoms with Gasteiger partial charge in [0, 0.05) is 11.8 Å². The quantitative estimate of drug-likeness (QED) is 0.696. The summed E-state index contributed by atoms with van der Waals surface area (Å²) >= 11 is 0. The smallest absolute Gasteiger partial charge is 0.117 e. The van der Waals surface area contributed by atoms with E-state index in [2.05, 4.69) is 5.32 Å². The van der Waals surface area contributed by atoms with Crippen LogP contribution in [0.15, 0.2) is 24.3 Å². The van der Waals surface area contributed by atoms with E-state index in [1.807, 2.05) is 6.07 Å². The van der Waals surface area contributed by atoms with Crippen LogP contribution >= 0.6 is 0 Å². The molecule has 1 aromatic rings. The van der Waals surface area contributed by atoms with Crippen molar-refractivity contribution in [1.29, 1.82) is 0 Å². The highest BCUT2D eigenvalue weighted by molar-refractivity contribution is 5.48. The fourth-order valence-electron chi connectivity index (χ4n) is 2.09. The van der Waals surface area contributed by atoms with Crippen LogP contribution in [0.3, 0.4) is 0 Å². The second-order valence-electron chi connectivity index (χ2n) is 4.15. The average Bonchev–Trinajstić information content (AvgIpc) is 2.22. The zero-order chi connectivity index (χ0) is 10.7. The SMILES string of the molecule is Oc1cccc(N[C@H]2CCCC[C@@H]2O)c1. The van der Waals surface area contributed by atoms with Gasteiger partial charge in [0.2, 0.25) is 0 Å². The van der Waals surface area contributed by atoms with Crippen LogP contribution in [-0.2, 0) is 0 Å². The molecule has 1 aromatic carbocycles. The van der Waals surface area contributed by atoms with E-state index < -0.39 is 0 Å². The van der Waals surface area contributed by atoms with Crippen molar-refractivity contribution in [2.75, 3.05) is 5.32 Å². The van der Waals surface area contributed by atoms with Crippen molar-refractivity contribution in [1.82, 2.24) is 0 Å². The van der Waals surface area contributed by atoms with E-state index in [-0.39, 0.29) is 17.9 Å². The molecule has 2 atom stereocenters. The summed E-state index contributed by atoms with van der Waals surface area (Å²) < 4.78 is 0. The Labute approximate surface area is 89.8 Å². The molecule has 1 aliphatic carbocycles. The lowest BCUT2D eigenvalue weighted by Crippen LogP contribution is -2.36. The van der Waals surface area contributed by atoms with Crippen molar-refractivity contribution in [2.24, 2.45) is 0 Å². The van der Waals surface area contributed by atoms with Gasteiger partial charge in [0.25, 0.3) is 0 Å². The van der Waals surface area contributed by atoms with Gasteiger partial charge >= 0.3 is 0 Å². The fourth-order valence-corrected chi connectivity index (χ4v) is 2.09. The molecule has 1 aliphatic rings. The number of aliphatic hydroxyl groups excluding tert-OH is 1. The van der Waals surface area contributed by atoms with Crippen molar-refractivity contribution in [2.45, 2.75) is 37.8 Å². The lowest BCUT2D eigenvalue weighted by Gasteiger charge is -2.29. The monoisotopic (exact) mass is 207 g/mol. The second-order valence-corrected chi connectivity index (χ2v) is 4.15. The van der Waals surface area contributed by atoms with Crippen molar-refractivity contribution < 1.29 is 10.2 Å². The van der Waals surface area contributed by atoms with E-state index >= 15 is 0 Å². The number of aliphatic hydroxyl groups is 1. The number of phenols is 1. The molecule has 2 rings (SSSR count). The third-order valence-corrected chi connectivity index (χ3v) is 2.93. The number of hydrogen-bond acceptors (Lipinski definition) is 3. The molecule has 0 aromatic heterocycles. The maximum absolute atomic E-state index is 9.77. The number of anilines is 1. The van der Waals surface area contributed by atoms with Crippen molar-refractivity contribution in [3.63, 3.8) is 0 Å². The molecule has 0 amide bonds. The summed E-state index contributed by atoms with van der Waals surface area (Å²) in [7, 11) is 0. The molecule has 0 radical (unpaired) electrons. The van der Waals surface area contributed by atoms with E-state index in [0.717, 1.165) is 31.4 Å². The highest BCUT2D eigenvalue weighted by atomic mass is 16.3. The summed E-state index contributed by atoms with van der Waals surface area (Å²) in [4.78, 5) is 0. The number of nitrogens with one attached hydrogen (secondary N) is 1.